The van der Waals surface area contributed by atoms with E-state index in [-0.39, 0.29) is 77.8 Å². The number of nitrogens with one attached hydrogen (secondary N) is 6. The lowest BCUT2D eigenvalue weighted by Gasteiger charge is -2.26. The van der Waals surface area contributed by atoms with Crippen molar-refractivity contribution >= 4 is 53.3 Å². The fourth-order valence-electron chi connectivity index (χ4n) is 5.72. The predicted molar refractivity (Wildman–Crippen MR) is 215 cm³/mol. The molecule has 0 spiro atoms. The lowest BCUT2D eigenvalue weighted by atomic mass is 10.0. The van der Waals surface area contributed by atoms with Crippen molar-refractivity contribution in [3.63, 3.8) is 0 Å². The van der Waals surface area contributed by atoms with E-state index in [0.29, 0.717) is 16.7 Å². The van der Waals surface area contributed by atoms with E-state index in [4.69, 9.17) is 30.8 Å². The van der Waals surface area contributed by atoms with Crippen molar-refractivity contribution in [2.75, 3.05) is 52.7 Å². The number of carboxylic acids is 2. The minimum atomic E-state index is -1.62. The van der Waals surface area contributed by atoms with Gasteiger partial charge in [-0.25, -0.2) is 4.79 Å². The number of carbonyl (C=O) groups excluding carboxylic acids is 6. The minimum absolute atomic E-state index is 0.0137. The van der Waals surface area contributed by atoms with Crippen molar-refractivity contribution in [1.82, 2.24) is 31.9 Å². The summed E-state index contributed by atoms with van der Waals surface area (Å²) in [5, 5.41) is 33.4. The van der Waals surface area contributed by atoms with Crippen LogP contribution < -0.4 is 43.4 Å². The van der Waals surface area contributed by atoms with Crippen LogP contribution in [0, 0.1) is 0 Å². The van der Waals surface area contributed by atoms with Gasteiger partial charge in [-0.15, -0.1) is 0 Å². The number of rotatable bonds is 22. The second-order valence-electron chi connectivity index (χ2n) is 13.7. The molecule has 22 nitrogen and oxygen atoms in total. The van der Waals surface area contributed by atoms with E-state index in [9.17, 15) is 43.5 Å². The Kier molecular flexibility index (Phi) is 21.1. The van der Waals surface area contributed by atoms with Gasteiger partial charge in [-0.1, -0.05) is 54.6 Å². The van der Waals surface area contributed by atoms with Crippen LogP contribution in [0.3, 0.4) is 0 Å². The van der Waals surface area contributed by atoms with Gasteiger partial charge in [-0.05, 0) is 29.5 Å². The number of carboxylic acid groups (broad SMARTS) is 2. The number of hydrogen-bond donors (Lipinski definition) is 10. The molecular formula is C39H53N9O13. The molecular weight excluding hydrogens is 802 g/mol. The van der Waals surface area contributed by atoms with Crippen LogP contribution in [0.2, 0.25) is 0 Å². The van der Waals surface area contributed by atoms with E-state index in [1.807, 2.05) is 0 Å². The Morgan fingerprint density at radius 2 is 1.20 bits per heavy atom. The molecule has 0 saturated carbocycles. The topological polar surface area (TPSA) is 341 Å². The van der Waals surface area contributed by atoms with Crippen molar-refractivity contribution in [2.24, 2.45) is 16.5 Å². The number of aliphatic imine (C=N–C) groups is 1. The average molecular weight is 856 g/mol. The Hall–Kier alpha value is -6.65. The zero-order valence-corrected chi connectivity index (χ0v) is 33.4. The molecule has 6 amide bonds. The molecule has 0 bridgehead atoms. The van der Waals surface area contributed by atoms with E-state index >= 15 is 0 Å². The monoisotopic (exact) mass is 855 g/mol. The number of guanidine groups is 1. The lowest BCUT2D eigenvalue weighted by molar-refractivity contribution is -0.143. The summed E-state index contributed by atoms with van der Waals surface area (Å²) in [6.45, 7) is -0.516. The number of nitrogens with zero attached hydrogens (tertiary/aromatic N) is 1. The zero-order valence-electron chi connectivity index (χ0n) is 33.4. The maximum absolute atomic E-state index is 14.0. The highest BCUT2D eigenvalue weighted by atomic mass is 16.5. The van der Waals surface area contributed by atoms with Crippen LogP contribution in [-0.2, 0) is 72.0 Å². The Labute approximate surface area is 350 Å². The third kappa shape index (κ3) is 19.8. The molecule has 0 aliphatic carbocycles. The van der Waals surface area contributed by atoms with Gasteiger partial charge in [-0.2, -0.15) is 0 Å². The second kappa shape index (κ2) is 26.4. The standard InChI is InChI=1S/C39H53N9O13/c40-39(41)42-12-4-7-27-35(55)44-21-31(49)45-30(19-33(51)52)38(58)48-28(17-24-5-2-1-3-6-24)37(57)47-29(36(56)46-27)18-25-8-10-26(11-9-25)20-43-32(50)22-60-15-13-59-14-16-61-23-34(53)54/h1-3,5-6,8-11,27-30H,4,7,12-23H2,(H,43,50)(H,44,55)(H,45,49)(H,46,56)(H,47,57)(H,48,58)(H,51,52)(H,53,54)(H4,40,41,42)/t27-,28+,29-,30-/m0/s1. The second-order valence-corrected chi connectivity index (χ2v) is 13.7. The van der Waals surface area contributed by atoms with E-state index in [1.165, 1.54) is 0 Å². The van der Waals surface area contributed by atoms with Gasteiger partial charge >= 0.3 is 11.9 Å². The molecule has 22 heteroatoms. The number of amides is 6. The first kappa shape index (κ1) is 48.7. The SMILES string of the molecule is NC(N)=NCCC[C@@H]1NC(=O)[C@H](Cc2ccc(CNC(=O)COCCOCCOCC(=O)O)cc2)NC(=O)[C@@H](Cc2ccccc2)NC(=O)[C@H](CC(=O)O)NC(=O)CNC1=O. The Morgan fingerprint density at radius 1 is 0.656 bits per heavy atom. The first-order chi connectivity index (χ1) is 29.2. The molecule has 1 aliphatic rings. The van der Waals surface area contributed by atoms with E-state index in [2.05, 4.69) is 36.9 Å². The minimum Gasteiger partial charge on any atom is -0.481 e. The van der Waals surface area contributed by atoms with E-state index in [1.54, 1.807) is 54.6 Å². The normalized spacial score (nSPS) is 18.8. The molecule has 61 heavy (non-hydrogen) atoms. The fourth-order valence-corrected chi connectivity index (χ4v) is 5.72. The molecule has 0 aromatic heterocycles. The smallest absolute Gasteiger partial charge is 0.329 e. The molecule has 4 atom stereocenters. The third-order valence-corrected chi connectivity index (χ3v) is 8.74. The highest BCUT2D eigenvalue weighted by Gasteiger charge is 2.33. The van der Waals surface area contributed by atoms with Crippen LogP contribution in [0.1, 0.15) is 36.0 Å². The lowest BCUT2D eigenvalue weighted by Crippen LogP contribution is -2.58. The molecule has 2 aromatic carbocycles. The van der Waals surface area contributed by atoms with Crippen molar-refractivity contribution < 1.29 is 62.8 Å². The van der Waals surface area contributed by atoms with E-state index in [0.717, 1.165) is 0 Å². The summed E-state index contributed by atoms with van der Waals surface area (Å²) in [4.78, 5) is 106. The Morgan fingerprint density at radius 3 is 1.79 bits per heavy atom. The van der Waals surface area contributed by atoms with Gasteiger partial charge in [0.1, 0.15) is 37.4 Å². The summed E-state index contributed by atoms with van der Waals surface area (Å²) >= 11 is 0. The molecule has 1 aliphatic heterocycles. The summed E-state index contributed by atoms with van der Waals surface area (Å²) in [7, 11) is 0. The number of hydrogen-bond acceptors (Lipinski definition) is 12. The molecule has 0 radical (unpaired) electrons. The van der Waals surface area contributed by atoms with Gasteiger partial charge in [-0.3, -0.25) is 38.6 Å². The maximum Gasteiger partial charge on any atom is 0.329 e. The van der Waals surface area contributed by atoms with Crippen molar-refractivity contribution in [1.29, 1.82) is 0 Å². The Balaban J connectivity index is 1.78. The third-order valence-electron chi connectivity index (χ3n) is 8.74. The number of carbonyl (C=O) groups is 8. The number of ether oxygens (including phenoxy) is 3. The summed E-state index contributed by atoms with van der Waals surface area (Å²) in [5.74, 6) is -7.30. The number of benzene rings is 2. The summed E-state index contributed by atoms with van der Waals surface area (Å²) in [6.07, 6.45) is -0.759. The van der Waals surface area contributed by atoms with Gasteiger partial charge in [0.15, 0.2) is 5.96 Å². The number of aliphatic carboxylic acids is 2. The number of nitrogens with two attached hydrogens (primary N) is 2. The maximum atomic E-state index is 14.0. The first-order valence-corrected chi connectivity index (χ1v) is 19.3. The largest absolute Gasteiger partial charge is 0.481 e. The zero-order chi connectivity index (χ0) is 44.6. The highest BCUT2D eigenvalue weighted by molar-refractivity contribution is 5.98. The molecule has 332 valence electrons. The van der Waals surface area contributed by atoms with Gasteiger partial charge in [0.05, 0.1) is 39.4 Å². The van der Waals surface area contributed by atoms with Gasteiger partial charge in [0, 0.05) is 25.9 Å². The highest BCUT2D eigenvalue weighted by Crippen LogP contribution is 2.11. The first-order valence-electron chi connectivity index (χ1n) is 19.3. The molecule has 1 fully saturated rings. The van der Waals surface area contributed by atoms with Crippen LogP contribution in [-0.4, -0.2) is 140 Å². The van der Waals surface area contributed by atoms with Gasteiger partial charge in [0.25, 0.3) is 0 Å². The van der Waals surface area contributed by atoms with Gasteiger partial charge in [0.2, 0.25) is 35.4 Å². The summed E-state index contributed by atoms with van der Waals surface area (Å²) in [5.41, 5.74) is 12.7. The predicted octanol–water partition coefficient (Wildman–Crippen LogP) is -3.18. The fraction of sp³-hybridized carbons (Fsp3) is 0.462. The summed E-state index contributed by atoms with van der Waals surface area (Å²) < 4.78 is 15.4. The van der Waals surface area contributed by atoms with Crippen LogP contribution in [0.5, 0.6) is 0 Å². The van der Waals surface area contributed by atoms with Crippen molar-refractivity contribution in [3.8, 4) is 0 Å². The van der Waals surface area contributed by atoms with Crippen molar-refractivity contribution in [2.45, 2.75) is 62.8 Å². The quantitative estimate of drug-likeness (QED) is 0.0317. The molecule has 1 saturated heterocycles. The molecule has 3 rings (SSSR count). The van der Waals surface area contributed by atoms with Crippen LogP contribution in [0.25, 0.3) is 0 Å². The molecule has 0 unspecified atom stereocenters. The Bertz CT molecular complexity index is 1830. The van der Waals surface area contributed by atoms with Gasteiger partial charge < -0.3 is 67.8 Å². The van der Waals surface area contributed by atoms with E-state index < -0.39 is 91.1 Å². The molecule has 1 heterocycles. The average Bonchev–Trinajstić information content (AvgIpc) is 3.21. The molecule has 2 aromatic rings. The van der Waals surface area contributed by atoms with Crippen LogP contribution in [0.15, 0.2) is 59.6 Å². The molecule has 12 N–H and O–H groups in total. The summed E-state index contributed by atoms with van der Waals surface area (Å²) in [6, 6.07) is 9.86. The van der Waals surface area contributed by atoms with Crippen molar-refractivity contribution in [3.05, 3.63) is 71.3 Å². The van der Waals surface area contributed by atoms with Crippen LogP contribution >= 0.6 is 0 Å². The van der Waals surface area contributed by atoms with Crippen LogP contribution in [0.4, 0.5) is 0 Å².